The standard InChI is InChI=1S/C21H27BrN2O3/c1-4-24(5-2)14-15-26-20-9-7-6-8-19(20)23-21(25)16(3)27-18-12-10-17(22)11-13-18/h6-13,16H,4-5,14-15H2,1-3H3,(H,23,25). The van der Waals surface area contributed by atoms with Crippen LogP contribution in [0.2, 0.25) is 0 Å². The number of halogens is 1. The molecule has 2 aromatic rings. The second kappa shape index (κ2) is 10.9. The molecule has 0 radical (unpaired) electrons. The minimum atomic E-state index is -0.630. The molecule has 0 saturated carbocycles. The third kappa shape index (κ3) is 6.88. The zero-order valence-corrected chi connectivity index (χ0v) is 17.7. The monoisotopic (exact) mass is 434 g/mol. The third-order valence-electron chi connectivity index (χ3n) is 4.20. The number of benzene rings is 2. The average Bonchev–Trinajstić information content (AvgIpc) is 2.68. The first kappa shape index (κ1) is 21.3. The summed E-state index contributed by atoms with van der Waals surface area (Å²) < 4.78 is 12.5. The predicted molar refractivity (Wildman–Crippen MR) is 113 cm³/mol. The van der Waals surface area contributed by atoms with Gasteiger partial charge in [-0.1, -0.05) is 41.9 Å². The molecule has 0 fully saturated rings. The lowest BCUT2D eigenvalue weighted by Crippen LogP contribution is -2.30. The molecule has 1 N–H and O–H groups in total. The Bertz CT molecular complexity index is 718. The molecule has 0 bridgehead atoms. The van der Waals surface area contributed by atoms with Gasteiger partial charge in [0.25, 0.3) is 5.91 Å². The summed E-state index contributed by atoms with van der Waals surface area (Å²) in [6.45, 7) is 9.38. The maximum atomic E-state index is 12.5. The van der Waals surface area contributed by atoms with Gasteiger partial charge in [0.1, 0.15) is 18.1 Å². The summed E-state index contributed by atoms with van der Waals surface area (Å²) in [6, 6.07) is 14.8. The summed E-state index contributed by atoms with van der Waals surface area (Å²) in [5, 5.41) is 2.90. The van der Waals surface area contributed by atoms with Gasteiger partial charge in [-0.15, -0.1) is 0 Å². The lowest BCUT2D eigenvalue weighted by Gasteiger charge is -2.19. The number of ether oxygens (including phenoxy) is 2. The van der Waals surface area contributed by atoms with Gasteiger partial charge in [-0.25, -0.2) is 0 Å². The van der Waals surface area contributed by atoms with Crippen LogP contribution in [-0.4, -0.2) is 43.2 Å². The van der Waals surface area contributed by atoms with Gasteiger partial charge in [-0.2, -0.15) is 0 Å². The van der Waals surface area contributed by atoms with Crippen molar-refractivity contribution in [1.82, 2.24) is 4.90 Å². The molecule has 0 aliphatic heterocycles. The van der Waals surface area contributed by atoms with Crippen molar-refractivity contribution >= 4 is 27.5 Å². The van der Waals surface area contributed by atoms with Crippen LogP contribution in [0.25, 0.3) is 0 Å². The number of likely N-dealkylation sites (N-methyl/N-ethyl adjacent to an activating group) is 1. The van der Waals surface area contributed by atoms with Gasteiger partial charge in [0.15, 0.2) is 6.10 Å². The quantitative estimate of drug-likeness (QED) is 0.594. The molecule has 1 amide bonds. The van der Waals surface area contributed by atoms with Gasteiger partial charge >= 0.3 is 0 Å². The van der Waals surface area contributed by atoms with E-state index in [-0.39, 0.29) is 5.91 Å². The normalized spacial score (nSPS) is 11.9. The molecule has 1 atom stereocenters. The number of hydrogen-bond donors (Lipinski definition) is 1. The summed E-state index contributed by atoms with van der Waals surface area (Å²) in [5.74, 6) is 1.08. The fourth-order valence-electron chi connectivity index (χ4n) is 2.53. The Labute approximate surface area is 169 Å². The fourth-order valence-corrected chi connectivity index (χ4v) is 2.79. The molecule has 2 aromatic carbocycles. The van der Waals surface area contributed by atoms with Crippen molar-refractivity contribution in [3.8, 4) is 11.5 Å². The predicted octanol–water partition coefficient (Wildman–Crippen LogP) is 4.58. The Balaban J connectivity index is 1.93. The zero-order chi connectivity index (χ0) is 19.6. The van der Waals surface area contributed by atoms with Crippen LogP contribution in [-0.2, 0) is 4.79 Å². The van der Waals surface area contributed by atoms with Crippen LogP contribution >= 0.6 is 15.9 Å². The lowest BCUT2D eigenvalue weighted by molar-refractivity contribution is -0.122. The first-order valence-corrected chi connectivity index (χ1v) is 10.00. The van der Waals surface area contributed by atoms with E-state index in [0.717, 1.165) is 24.1 Å². The highest BCUT2D eigenvalue weighted by molar-refractivity contribution is 9.10. The van der Waals surface area contributed by atoms with Crippen molar-refractivity contribution in [2.24, 2.45) is 0 Å². The van der Waals surface area contributed by atoms with Crippen molar-refractivity contribution < 1.29 is 14.3 Å². The molecule has 2 rings (SSSR count). The minimum Gasteiger partial charge on any atom is -0.490 e. The van der Waals surface area contributed by atoms with E-state index in [2.05, 4.69) is 40.0 Å². The molecule has 146 valence electrons. The van der Waals surface area contributed by atoms with Gasteiger partial charge in [0.2, 0.25) is 0 Å². The van der Waals surface area contributed by atoms with E-state index in [9.17, 15) is 4.79 Å². The maximum absolute atomic E-state index is 12.5. The molecule has 27 heavy (non-hydrogen) atoms. The number of anilines is 1. The second-order valence-corrected chi connectivity index (χ2v) is 6.99. The third-order valence-corrected chi connectivity index (χ3v) is 4.73. The number of nitrogens with zero attached hydrogens (tertiary/aromatic N) is 1. The number of nitrogens with one attached hydrogen (secondary N) is 1. The molecule has 0 saturated heterocycles. The molecule has 0 heterocycles. The molecule has 6 heteroatoms. The van der Waals surface area contributed by atoms with Crippen molar-refractivity contribution in [3.63, 3.8) is 0 Å². The number of para-hydroxylation sites is 2. The summed E-state index contributed by atoms with van der Waals surface area (Å²) in [6.07, 6.45) is -0.630. The zero-order valence-electron chi connectivity index (χ0n) is 16.1. The van der Waals surface area contributed by atoms with Crippen LogP contribution in [0.5, 0.6) is 11.5 Å². The van der Waals surface area contributed by atoms with E-state index >= 15 is 0 Å². The highest BCUT2D eigenvalue weighted by atomic mass is 79.9. The first-order valence-electron chi connectivity index (χ1n) is 9.20. The Morgan fingerprint density at radius 2 is 1.78 bits per heavy atom. The van der Waals surface area contributed by atoms with Gasteiger partial charge in [-0.05, 0) is 56.4 Å². The van der Waals surface area contributed by atoms with E-state index < -0.39 is 6.10 Å². The van der Waals surface area contributed by atoms with Crippen molar-refractivity contribution in [1.29, 1.82) is 0 Å². The smallest absolute Gasteiger partial charge is 0.265 e. The molecule has 0 aromatic heterocycles. The van der Waals surface area contributed by atoms with Crippen molar-refractivity contribution in [2.75, 3.05) is 31.6 Å². The number of carbonyl (C=O) groups excluding carboxylic acids is 1. The molecule has 5 nitrogen and oxygen atoms in total. The Morgan fingerprint density at radius 3 is 2.44 bits per heavy atom. The van der Waals surface area contributed by atoms with E-state index in [4.69, 9.17) is 9.47 Å². The highest BCUT2D eigenvalue weighted by Gasteiger charge is 2.16. The van der Waals surface area contributed by atoms with Crippen LogP contribution in [0.3, 0.4) is 0 Å². The maximum Gasteiger partial charge on any atom is 0.265 e. The van der Waals surface area contributed by atoms with E-state index in [1.165, 1.54) is 0 Å². The Hall–Kier alpha value is -2.05. The van der Waals surface area contributed by atoms with Gasteiger partial charge in [0.05, 0.1) is 5.69 Å². The van der Waals surface area contributed by atoms with E-state index in [1.807, 2.05) is 48.5 Å². The molecule has 0 spiro atoms. The van der Waals surface area contributed by atoms with Crippen LogP contribution in [0.1, 0.15) is 20.8 Å². The van der Waals surface area contributed by atoms with Crippen LogP contribution in [0.15, 0.2) is 53.0 Å². The average molecular weight is 435 g/mol. The largest absolute Gasteiger partial charge is 0.490 e. The number of carbonyl (C=O) groups is 1. The van der Waals surface area contributed by atoms with Gasteiger partial charge < -0.3 is 19.7 Å². The second-order valence-electron chi connectivity index (χ2n) is 6.07. The van der Waals surface area contributed by atoms with Crippen molar-refractivity contribution in [3.05, 3.63) is 53.0 Å². The summed E-state index contributed by atoms with van der Waals surface area (Å²) in [4.78, 5) is 14.8. The van der Waals surface area contributed by atoms with Crippen molar-refractivity contribution in [2.45, 2.75) is 26.9 Å². The van der Waals surface area contributed by atoms with Gasteiger partial charge in [0, 0.05) is 11.0 Å². The summed E-state index contributed by atoms with van der Waals surface area (Å²) >= 11 is 3.38. The molecule has 1 unspecified atom stereocenters. The summed E-state index contributed by atoms with van der Waals surface area (Å²) in [5.41, 5.74) is 0.647. The Morgan fingerprint density at radius 1 is 1.11 bits per heavy atom. The number of rotatable bonds is 10. The summed E-state index contributed by atoms with van der Waals surface area (Å²) in [7, 11) is 0. The Kier molecular flexibility index (Phi) is 8.61. The molecule has 0 aliphatic carbocycles. The highest BCUT2D eigenvalue weighted by Crippen LogP contribution is 2.24. The SMILES string of the molecule is CCN(CC)CCOc1ccccc1NC(=O)C(C)Oc1ccc(Br)cc1. The van der Waals surface area contributed by atoms with Crippen LogP contribution < -0.4 is 14.8 Å². The molecular formula is C21H27BrN2O3. The van der Waals surface area contributed by atoms with Crippen LogP contribution in [0.4, 0.5) is 5.69 Å². The van der Waals surface area contributed by atoms with E-state index in [0.29, 0.717) is 23.8 Å². The number of amides is 1. The molecule has 0 aliphatic rings. The molecular weight excluding hydrogens is 408 g/mol. The first-order chi connectivity index (χ1) is 13.0. The lowest BCUT2D eigenvalue weighted by atomic mass is 10.2. The van der Waals surface area contributed by atoms with E-state index in [1.54, 1.807) is 6.92 Å². The van der Waals surface area contributed by atoms with Crippen LogP contribution in [0, 0.1) is 0 Å². The number of hydrogen-bond acceptors (Lipinski definition) is 4. The fraction of sp³-hybridized carbons (Fsp3) is 0.381. The minimum absolute atomic E-state index is 0.224. The van der Waals surface area contributed by atoms with Gasteiger partial charge in [-0.3, -0.25) is 4.79 Å². The topological polar surface area (TPSA) is 50.8 Å².